The van der Waals surface area contributed by atoms with Gasteiger partial charge in [0.15, 0.2) is 0 Å². The van der Waals surface area contributed by atoms with Crippen LogP contribution in [0, 0.1) is 0 Å². The summed E-state index contributed by atoms with van der Waals surface area (Å²) in [6, 6.07) is 0. The molecule has 2 fully saturated rings. The van der Waals surface area contributed by atoms with Crippen molar-refractivity contribution in [1.29, 1.82) is 0 Å². The zero-order chi connectivity index (χ0) is 10.4. The van der Waals surface area contributed by atoms with Gasteiger partial charge >= 0.3 is 0 Å². The Bertz CT molecular complexity index is 174. The van der Waals surface area contributed by atoms with Crippen LogP contribution in [0.1, 0.15) is 46.0 Å². The number of nitrogens with one attached hydrogen (secondary N) is 1. The number of carbonyl (C=O) groups excluding carboxylic acids is 1. The Morgan fingerprint density at radius 3 is 2.29 bits per heavy atom. The van der Waals surface area contributed by atoms with Crippen LogP contribution < -0.4 is 5.32 Å². The Hall–Kier alpha value is -0.570. The monoisotopic (exact) mass is 199 g/mol. The molecule has 2 saturated heterocycles. The summed E-state index contributed by atoms with van der Waals surface area (Å²) in [4.78, 5) is 10.1. The van der Waals surface area contributed by atoms with Crippen molar-refractivity contribution in [3.05, 3.63) is 0 Å². The molecule has 0 atom stereocenters. The average molecular weight is 199 g/mol. The van der Waals surface area contributed by atoms with Gasteiger partial charge in [0.2, 0.25) is 5.91 Å². The topological polar surface area (TPSA) is 38.3 Å². The standard InChI is InChI=1S/C7H14O.C4H7NO/c1-7(2)5-3-4-6-8-7;6-4-2-1-3-5-4/h3-6H2,1-2H3;1-3H2,(H,5,6). The summed E-state index contributed by atoms with van der Waals surface area (Å²) in [6.45, 7) is 6.17. The van der Waals surface area contributed by atoms with E-state index in [2.05, 4.69) is 19.2 Å². The van der Waals surface area contributed by atoms with Crippen LogP contribution in [0.3, 0.4) is 0 Å². The number of hydrogen-bond acceptors (Lipinski definition) is 2. The Morgan fingerprint density at radius 2 is 2.07 bits per heavy atom. The van der Waals surface area contributed by atoms with Gasteiger partial charge in [-0.25, -0.2) is 0 Å². The van der Waals surface area contributed by atoms with E-state index in [1.807, 2.05) is 0 Å². The van der Waals surface area contributed by atoms with Crippen LogP contribution in [0.4, 0.5) is 0 Å². The number of rotatable bonds is 0. The van der Waals surface area contributed by atoms with E-state index >= 15 is 0 Å². The van der Waals surface area contributed by atoms with Crippen molar-refractivity contribution in [2.24, 2.45) is 0 Å². The fraction of sp³-hybridized carbons (Fsp3) is 0.909. The van der Waals surface area contributed by atoms with Crippen molar-refractivity contribution >= 4 is 5.91 Å². The van der Waals surface area contributed by atoms with Crippen molar-refractivity contribution in [1.82, 2.24) is 5.32 Å². The largest absolute Gasteiger partial charge is 0.376 e. The molecule has 0 aromatic rings. The highest BCUT2D eigenvalue weighted by Gasteiger charge is 2.20. The van der Waals surface area contributed by atoms with E-state index in [0.717, 1.165) is 26.0 Å². The van der Waals surface area contributed by atoms with Crippen LogP contribution in [0.25, 0.3) is 0 Å². The molecule has 2 aliphatic heterocycles. The number of ether oxygens (including phenoxy) is 1. The van der Waals surface area contributed by atoms with Gasteiger partial charge in [-0.15, -0.1) is 0 Å². The predicted molar refractivity (Wildman–Crippen MR) is 56.1 cm³/mol. The van der Waals surface area contributed by atoms with Gasteiger partial charge in [0.05, 0.1) is 5.60 Å². The molecule has 0 bridgehead atoms. The van der Waals surface area contributed by atoms with Crippen LogP contribution in [0.15, 0.2) is 0 Å². The smallest absolute Gasteiger partial charge is 0.220 e. The maximum atomic E-state index is 10.1. The molecule has 0 saturated carbocycles. The lowest BCUT2D eigenvalue weighted by atomic mass is 9.99. The average Bonchev–Trinajstić information content (AvgIpc) is 2.56. The molecular weight excluding hydrogens is 178 g/mol. The predicted octanol–water partition coefficient (Wildman–Crippen LogP) is 1.86. The van der Waals surface area contributed by atoms with Gasteiger partial charge in [0.1, 0.15) is 0 Å². The molecule has 0 aliphatic carbocycles. The summed E-state index contributed by atoms with van der Waals surface area (Å²) in [6.07, 6.45) is 5.59. The number of amides is 1. The molecule has 0 spiro atoms. The van der Waals surface area contributed by atoms with E-state index in [-0.39, 0.29) is 11.5 Å². The van der Waals surface area contributed by atoms with Gasteiger partial charge in [0, 0.05) is 19.6 Å². The molecule has 0 aromatic carbocycles. The SMILES string of the molecule is CC1(C)CCCCO1.O=C1CCCN1. The Balaban J connectivity index is 0.000000146. The number of carbonyl (C=O) groups is 1. The first-order chi connectivity index (χ1) is 6.60. The summed E-state index contributed by atoms with van der Waals surface area (Å²) in [5, 5.41) is 2.68. The second-order valence-electron chi connectivity index (χ2n) is 4.52. The summed E-state index contributed by atoms with van der Waals surface area (Å²) in [5.74, 6) is 0.204. The molecular formula is C11H21NO2. The van der Waals surface area contributed by atoms with Crippen molar-refractivity contribution < 1.29 is 9.53 Å². The molecule has 2 rings (SSSR count). The van der Waals surface area contributed by atoms with Crippen molar-refractivity contribution in [2.45, 2.75) is 51.6 Å². The lowest BCUT2D eigenvalue weighted by Gasteiger charge is -2.29. The van der Waals surface area contributed by atoms with Crippen molar-refractivity contribution in [3.63, 3.8) is 0 Å². The van der Waals surface area contributed by atoms with Gasteiger partial charge < -0.3 is 10.1 Å². The van der Waals surface area contributed by atoms with E-state index in [1.54, 1.807) is 0 Å². The Kier molecular flexibility index (Phi) is 4.39. The maximum Gasteiger partial charge on any atom is 0.220 e. The molecule has 0 unspecified atom stereocenters. The van der Waals surface area contributed by atoms with Crippen molar-refractivity contribution in [3.8, 4) is 0 Å². The van der Waals surface area contributed by atoms with Gasteiger partial charge in [-0.2, -0.15) is 0 Å². The van der Waals surface area contributed by atoms with Crippen LogP contribution >= 0.6 is 0 Å². The molecule has 3 nitrogen and oxygen atoms in total. The summed E-state index contributed by atoms with van der Waals surface area (Å²) in [7, 11) is 0. The third kappa shape index (κ3) is 4.61. The minimum atomic E-state index is 0.179. The second-order valence-corrected chi connectivity index (χ2v) is 4.52. The molecule has 2 heterocycles. The summed E-state index contributed by atoms with van der Waals surface area (Å²) >= 11 is 0. The first kappa shape index (κ1) is 11.5. The second kappa shape index (κ2) is 5.35. The van der Waals surface area contributed by atoms with Crippen molar-refractivity contribution in [2.75, 3.05) is 13.2 Å². The molecule has 1 N–H and O–H groups in total. The zero-order valence-electron chi connectivity index (χ0n) is 9.27. The normalized spacial score (nSPS) is 24.9. The highest BCUT2D eigenvalue weighted by atomic mass is 16.5. The highest BCUT2D eigenvalue weighted by molar-refractivity contribution is 5.77. The lowest BCUT2D eigenvalue weighted by Crippen LogP contribution is -2.28. The molecule has 0 aromatic heterocycles. The summed E-state index contributed by atoms with van der Waals surface area (Å²) < 4.78 is 5.47. The quantitative estimate of drug-likeness (QED) is 0.646. The minimum Gasteiger partial charge on any atom is -0.376 e. The number of hydrogen-bond donors (Lipinski definition) is 1. The third-order valence-electron chi connectivity index (χ3n) is 2.57. The van der Waals surface area contributed by atoms with E-state index in [0.29, 0.717) is 0 Å². The highest BCUT2D eigenvalue weighted by Crippen LogP contribution is 2.22. The molecule has 14 heavy (non-hydrogen) atoms. The first-order valence-electron chi connectivity index (χ1n) is 5.51. The van der Waals surface area contributed by atoms with Gasteiger partial charge in [-0.05, 0) is 39.5 Å². The van der Waals surface area contributed by atoms with E-state index < -0.39 is 0 Å². The molecule has 82 valence electrons. The van der Waals surface area contributed by atoms with Gasteiger partial charge in [-0.3, -0.25) is 4.79 Å². The molecule has 0 radical (unpaired) electrons. The zero-order valence-corrected chi connectivity index (χ0v) is 9.27. The molecule has 1 amide bonds. The molecule has 2 aliphatic rings. The Labute approximate surface area is 86.2 Å². The first-order valence-corrected chi connectivity index (χ1v) is 5.51. The molecule has 3 heteroatoms. The van der Waals surface area contributed by atoms with Crippen LogP contribution in [0.5, 0.6) is 0 Å². The fourth-order valence-corrected chi connectivity index (χ4v) is 1.64. The minimum absolute atomic E-state index is 0.179. The maximum absolute atomic E-state index is 10.1. The van der Waals surface area contributed by atoms with Crippen LogP contribution in [-0.2, 0) is 9.53 Å². The van der Waals surface area contributed by atoms with E-state index in [4.69, 9.17) is 4.74 Å². The van der Waals surface area contributed by atoms with Crippen LogP contribution in [-0.4, -0.2) is 24.7 Å². The van der Waals surface area contributed by atoms with E-state index in [1.165, 1.54) is 19.3 Å². The summed E-state index contributed by atoms with van der Waals surface area (Å²) in [5.41, 5.74) is 0.179. The Morgan fingerprint density at radius 1 is 1.29 bits per heavy atom. The van der Waals surface area contributed by atoms with Gasteiger partial charge in [0.25, 0.3) is 0 Å². The fourth-order valence-electron chi connectivity index (χ4n) is 1.64. The lowest BCUT2D eigenvalue weighted by molar-refractivity contribution is -0.119. The van der Waals surface area contributed by atoms with E-state index in [9.17, 15) is 4.79 Å². The third-order valence-corrected chi connectivity index (χ3v) is 2.57. The van der Waals surface area contributed by atoms with Crippen LogP contribution in [0.2, 0.25) is 0 Å². The van der Waals surface area contributed by atoms with Gasteiger partial charge in [-0.1, -0.05) is 0 Å².